The Morgan fingerprint density at radius 2 is 1.90 bits per heavy atom. The third kappa shape index (κ3) is 3.01. The molecule has 0 aliphatic rings. The quantitative estimate of drug-likeness (QED) is 0.576. The van der Waals surface area contributed by atoms with Crippen LogP contribution in [0.4, 0.5) is 5.69 Å². The van der Waals surface area contributed by atoms with Crippen molar-refractivity contribution in [2.24, 2.45) is 5.84 Å². The number of nitrogens with two attached hydrogens (primary N) is 1. The van der Waals surface area contributed by atoms with Gasteiger partial charge in [0.05, 0.1) is 17.4 Å². The highest BCUT2D eigenvalue weighted by atomic mass is 32.2. The zero-order valence-electron chi connectivity index (χ0n) is 11.3. The van der Waals surface area contributed by atoms with Gasteiger partial charge in [0.1, 0.15) is 0 Å². The summed E-state index contributed by atoms with van der Waals surface area (Å²) in [5, 5.41) is 0. The number of hydrazine groups is 1. The molecule has 7 heteroatoms. The van der Waals surface area contributed by atoms with E-state index in [0.717, 1.165) is 5.56 Å². The fourth-order valence-corrected chi connectivity index (χ4v) is 3.57. The first-order chi connectivity index (χ1) is 9.44. The van der Waals surface area contributed by atoms with Crippen molar-refractivity contribution in [3.8, 4) is 0 Å². The molecule has 0 atom stereocenters. The van der Waals surface area contributed by atoms with Gasteiger partial charge in [-0.1, -0.05) is 0 Å². The van der Waals surface area contributed by atoms with Crippen molar-refractivity contribution in [1.82, 2.24) is 4.72 Å². The predicted octanol–water partition coefficient (Wildman–Crippen LogP) is 1.66. The van der Waals surface area contributed by atoms with Crippen molar-refractivity contribution in [3.05, 3.63) is 47.4 Å². The molecule has 0 saturated heterocycles. The molecule has 0 radical (unpaired) electrons. The van der Waals surface area contributed by atoms with Gasteiger partial charge < -0.3 is 9.84 Å². The number of hydrogen-bond donors (Lipinski definition) is 3. The molecule has 20 heavy (non-hydrogen) atoms. The van der Waals surface area contributed by atoms with Crippen LogP contribution in [0.3, 0.4) is 0 Å². The molecule has 0 aliphatic carbocycles. The molecule has 0 unspecified atom stereocenters. The smallest absolute Gasteiger partial charge is 0.241 e. The molecule has 6 nitrogen and oxygen atoms in total. The number of benzene rings is 1. The van der Waals surface area contributed by atoms with Crippen LogP contribution in [0.25, 0.3) is 0 Å². The summed E-state index contributed by atoms with van der Waals surface area (Å²) in [6, 6.07) is 5.10. The second kappa shape index (κ2) is 5.66. The summed E-state index contributed by atoms with van der Waals surface area (Å²) in [5.41, 5.74) is 5.23. The Bertz CT molecular complexity index is 671. The normalized spacial score (nSPS) is 11.6. The fourth-order valence-electron chi connectivity index (χ4n) is 2.10. The summed E-state index contributed by atoms with van der Waals surface area (Å²) < 4.78 is 32.2. The van der Waals surface area contributed by atoms with E-state index in [1.807, 2.05) is 0 Å². The number of furan rings is 1. The SMILES string of the molecule is Cc1cc(NN)cc(C)c1S(=O)(=O)NCc1ccoc1. The van der Waals surface area contributed by atoms with Crippen LogP contribution in [0.5, 0.6) is 0 Å². The molecule has 0 bridgehead atoms. The Labute approximate surface area is 118 Å². The summed E-state index contributed by atoms with van der Waals surface area (Å²) in [6.45, 7) is 3.66. The Balaban J connectivity index is 2.29. The van der Waals surface area contributed by atoms with Gasteiger partial charge in [0.2, 0.25) is 10.0 Å². The van der Waals surface area contributed by atoms with Gasteiger partial charge >= 0.3 is 0 Å². The highest BCUT2D eigenvalue weighted by Gasteiger charge is 2.20. The van der Waals surface area contributed by atoms with Crippen LogP contribution in [0.1, 0.15) is 16.7 Å². The largest absolute Gasteiger partial charge is 0.472 e. The minimum Gasteiger partial charge on any atom is -0.472 e. The van der Waals surface area contributed by atoms with Gasteiger partial charge in [0.25, 0.3) is 0 Å². The third-order valence-electron chi connectivity index (χ3n) is 2.94. The lowest BCUT2D eigenvalue weighted by molar-refractivity contribution is 0.561. The Kier molecular flexibility index (Phi) is 4.12. The van der Waals surface area contributed by atoms with Crippen LogP contribution in [0.2, 0.25) is 0 Å². The minimum atomic E-state index is -3.58. The van der Waals surface area contributed by atoms with E-state index in [1.165, 1.54) is 12.5 Å². The second-order valence-electron chi connectivity index (χ2n) is 4.54. The first-order valence-corrected chi connectivity index (χ1v) is 7.51. The van der Waals surface area contributed by atoms with Crippen LogP contribution in [-0.4, -0.2) is 8.42 Å². The van der Waals surface area contributed by atoms with E-state index in [4.69, 9.17) is 10.3 Å². The highest BCUT2D eigenvalue weighted by Crippen LogP contribution is 2.24. The summed E-state index contributed by atoms with van der Waals surface area (Å²) in [4.78, 5) is 0.278. The monoisotopic (exact) mass is 295 g/mol. The van der Waals surface area contributed by atoms with Crippen LogP contribution in [0.15, 0.2) is 40.0 Å². The predicted molar refractivity (Wildman–Crippen MR) is 76.5 cm³/mol. The maximum atomic E-state index is 12.4. The van der Waals surface area contributed by atoms with Crippen LogP contribution >= 0.6 is 0 Å². The maximum Gasteiger partial charge on any atom is 0.241 e. The molecule has 4 N–H and O–H groups in total. The molecule has 2 rings (SSSR count). The van der Waals surface area contributed by atoms with E-state index in [0.29, 0.717) is 16.8 Å². The van der Waals surface area contributed by atoms with Crippen LogP contribution < -0.4 is 16.0 Å². The van der Waals surface area contributed by atoms with E-state index in [1.54, 1.807) is 32.0 Å². The second-order valence-corrected chi connectivity index (χ2v) is 6.24. The number of nitrogens with one attached hydrogen (secondary N) is 2. The highest BCUT2D eigenvalue weighted by molar-refractivity contribution is 7.89. The van der Waals surface area contributed by atoms with Crippen molar-refractivity contribution in [2.45, 2.75) is 25.3 Å². The minimum absolute atomic E-state index is 0.189. The fraction of sp³-hybridized carbons (Fsp3) is 0.231. The van der Waals surface area contributed by atoms with E-state index in [2.05, 4.69) is 10.1 Å². The number of hydrogen-bond acceptors (Lipinski definition) is 5. The van der Waals surface area contributed by atoms with Crippen molar-refractivity contribution in [2.75, 3.05) is 5.43 Å². The lowest BCUT2D eigenvalue weighted by atomic mass is 10.1. The summed E-state index contributed by atoms with van der Waals surface area (Å²) in [5.74, 6) is 5.34. The zero-order chi connectivity index (χ0) is 14.8. The summed E-state index contributed by atoms with van der Waals surface area (Å²) in [7, 11) is -3.58. The van der Waals surface area contributed by atoms with Gasteiger partial charge in [-0.15, -0.1) is 0 Å². The average molecular weight is 295 g/mol. The molecule has 0 spiro atoms. The molecule has 108 valence electrons. The number of sulfonamides is 1. The number of anilines is 1. The number of nitrogen functional groups attached to an aromatic ring is 1. The first kappa shape index (κ1) is 14.6. The van der Waals surface area contributed by atoms with E-state index in [-0.39, 0.29) is 11.4 Å². The van der Waals surface area contributed by atoms with Gasteiger partial charge in [-0.3, -0.25) is 5.84 Å². The standard InChI is InChI=1S/C13H17N3O3S/c1-9-5-12(16-14)6-10(2)13(9)20(17,18)15-7-11-3-4-19-8-11/h3-6,8,15-16H,7,14H2,1-2H3. The van der Waals surface area contributed by atoms with Gasteiger partial charge in [-0.2, -0.15) is 0 Å². The Morgan fingerprint density at radius 3 is 2.40 bits per heavy atom. The molecule has 2 aromatic rings. The van der Waals surface area contributed by atoms with Gasteiger partial charge in [0, 0.05) is 17.8 Å². The molecular weight excluding hydrogens is 278 g/mol. The zero-order valence-corrected chi connectivity index (χ0v) is 12.1. The Morgan fingerprint density at radius 1 is 1.25 bits per heavy atom. The van der Waals surface area contributed by atoms with E-state index in [9.17, 15) is 8.42 Å². The molecule has 1 heterocycles. The number of aryl methyl sites for hydroxylation is 2. The lowest BCUT2D eigenvalue weighted by Crippen LogP contribution is -2.25. The van der Waals surface area contributed by atoms with Crippen LogP contribution in [0, 0.1) is 13.8 Å². The molecule has 1 aromatic heterocycles. The van der Waals surface area contributed by atoms with Crippen molar-refractivity contribution in [3.63, 3.8) is 0 Å². The molecule has 0 amide bonds. The lowest BCUT2D eigenvalue weighted by Gasteiger charge is -2.13. The maximum absolute atomic E-state index is 12.4. The average Bonchev–Trinajstić information content (AvgIpc) is 2.88. The summed E-state index contributed by atoms with van der Waals surface area (Å²) in [6.07, 6.45) is 3.01. The Hall–Kier alpha value is -1.83. The van der Waals surface area contributed by atoms with E-state index >= 15 is 0 Å². The van der Waals surface area contributed by atoms with Gasteiger partial charge in [0.15, 0.2) is 0 Å². The van der Waals surface area contributed by atoms with E-state index < -0.39 is 10.0 Å². The van der Waals surface area contributed by atoms with Gasteiger partial charge in [-0.05, 0) is 43.2 Å². The molecule has 1 aromatic carbocycles. The molecule has 0 aliphatic heterocycles. The number of rotatable bonds is 5. The molecular formula is C13H17N3O3S. The van der Waals surface area contributed by atoms with Crippen molar-refractivity contribution in [1.29, 1.82) is 0 Å². The topological polar surface area (TPSA) is 97.4 Å². The van der Waals surface area contributed by atoms with Gasteiger partial charge in [-0.25, -0.2) is 13.1 Å². The molecule has 0 fully saturated rings. The summed E-state index contributed by atoms with van der Waals surface area (Å²) >= 11 is 0. The van der Waals surface area contributed by atoms with Crippen molar-refractivity contribution >= 4 is 15.7 Å². The molecule has 0 saturated carbocycles. The first-order valence-electron chi connectivity index (χ1n) is 6.02. The third-order valence-corrected chi connectivity index (χ3v) is 4.65. The van der Waals surface area contributed by atoms with Crippen LogP contribution in [-0.2, 0) is 16.6 Å². The van der Waals surface area contributed by atoms with Crippen molar-refractivity contribution < 1.29 is 12.8 Å².